The summed E-state index contributed by atoms with van der Waals surface area (Å²) in [4.78, 5) is 2.49. The lowest BCUT2D eigenvalue weighted by atomic mass is 9.85. The van der Waals surface area contributed by atoms with E-state index in [1.54, 1.807) is 0 Å². The summed E-state index contributed by atoms with van der Waals surface area (Å²) < 4.78 is 0. The number of likely N-dealkylation sites (N-methyl/N-ethyl adjacent to an activating group) is 1. The zero-order valence-electron chi connectivity index (χ0n) is 8.63. The van der Waals surface area contributed by atoms with Crippen molar-refractivity contribution >= 4 is 12.6 Å². The van der Waals surface area contributed by atoms with E-state index in [1.165, 1.54) is 31.4 Å². The van der Waals surface area contributed by atoms with E-state index in [0.717, 1.165) is 24.8 Å². The predicted octanol–water partition coefficient (Wildman–Crippen LogP) is 2.59. The highest BCUT2D eigenvalue weighted by molar-refractivity contribution is 7.80. The smallest absolute Gasteiger partial charge is 0.0198 e. The molecule has 0 aromatic heterocycles. The van der Waals surface area contributed by atoms with Crippen molar-refractivity contribution < 1.29 is 0 Å². The Morgan fingerprint density at radius 1 is 1.54 bits per heavy atom. The van der Waals surface area contributed by atoms with Crippen LogP contribution in [0.2, 0.25) is 0 Å². The average molecular weight is 199 g/mol. The number of thiol groups is 1. The SMILES string of the molecule is C=C(CS)CN(CC)CC1CCC1. The molecular formula is C11H21NS. The van der Waals surface area contributed by atoms with E-state index in [9.17, 15) is 0 Å². The van der Waals surface area contributed by atoms with Gasteiger partial charge in [-0.2, -0.15) is 12.6 Å². The molecule has 0 bridgehead atoms. The molecule has 0 aromatic carbocycles. The minimum Gasteiger partial charge on any atom is -0.299 e. The van der Waals surface area contributed by atoms with Gasteiger partial charge in [0.2, 0.25) is 0 Å². The van der Waals surface area contributed by atoms with Crippen molar-refractivity contribution in [2.24, 2.45) is 5.92 Å². The molecule has 0 unspecified atom stereocenters. The van der Waals surface area contributed by atoms with Crippen molar-refractivity contribution in [3.63, 3.8) is 0 Å². The van der Waals surface area contributed by atoms with Gasteiger partial charge in [0.05, 0.1) is 0 Å². The van der Waals surface area contributed by atoms with Crippen molar-refractivity contribution in [1.82, 2.24) is 4.90 Å². The molecule has 0 aromatic rings. The lowest BCUT2D eigenvalue weighted by molar-refractivity contribution is 0.195. The minimum atomic E-state index is 0.821. The molecule has 1 saturated carbocycles. The van der Waals surface area contributed by atoms with Crippen LogP contribution in [0.5, 0.6) is 0 Å². The maximum absolute atomic E-state index is 4.23. The fourth-order valence-corrected chi connectivity index (χ4v) is 1.81. The third kappa shape index (κ3) is 3.74. The second kappa shape index (κ2) is 5.71. The number of nitrogens with zero attached hydrogens (tertiary/aromatic N) is 1. The van der Waals surface area contributed by atoms with Gasteiger partial charge >= 0.3 is 0 Å². The Hall–Kier alpha value is 0.0500. The second-order valence-electron chi connectivity index (χ2n) is 4.03. The Morgan fingerprint density at radius 2 is 2.23 bits per heavy atom. The normalized spacial score (nSPS) is 17.5. The van der Waals surface area contributed by atoms with Crippen LogP contribution in [0.15, 0.2) is 12.2 Å². The highest BCUT2D eigenvalue weighted by Gasteiger charge is 2.19. The first-order valence-electron chi connectivity index (χ1n) is 5.26. The van der Waals surface area contributed by atoms with E-state index in [0.29, 0.717) is 0 Å². The summed E-state index contributed by atoms with van der Waals surface area (Å²) in [6.45, 7) is 9.67. The van der Waals surface area contributed by atoms with E-state index >= 15 is 0 Å². The van der Waals surface area contributed by atoms with Crippen LogP contribution in [0.4, 0.5) is 0 Å². The van der Waals surface area contributed by atoms with Crippen molar-refractivity contribution in [3.8, 4) is 0 Å². The molecule has 0 spiro atoms. The van der Waals surface area contributed by atoms with E-state index in [2.05, 4.69) is 31.0 Å². The minimum absolute atomic E-state index is 0.821. The van der Waals surface area contributed by atoms with Gasteiger partial charge in [-0.05, 0) is 25.3 Å². The van der Waals surface area contributed by atoms with Crippen LogP contribution < -0.4 is 0 Å². The first-order chi connectivity index (χ1) is 6.26. The van der Waals surface area contributed by atoms with E-state index in [4.69, 9.17) is 0 Å². The van der Waals surface area contributed by atoms with Crippen molar-refractivity contribution in [3.05, 3.63) is 12.2 Å². The molecule has 0 aliphatic heterocycles. The third-order valence-electron chi connectivity index (χ3n) is 2.86. The van der Waals surface area contributed by atoms with Gasteiger partial charge < -0.3 is 0 Å². The first-order valence-corrected chi connectivity index (χ1v) is 5.89. The summed E-state index contributed by atoms with van der Waals surface area (Å²) in [7, 11) is 0. The van der Waals surface area contributed by atoms with Crippen LogP contribution in [0, 0.1) is 5.92 Å². The fraction of sp³-hybridized carbons (Fsp3) is 0.818. The summed E-state index contributed by atoms with van der Waals surface area (Å²) in [6.07, 6.45) is 4.31. The molecule has 0 atom stereocenters. The molecule has 0 saturated heterocycles. The van der Waals surface area contributed by atoms with Gasteiger partial charge in [-0.25, -0.2) is 0 Å². The standard InChI is InChI=1S/C11H21NS/c1-3-12(7-10(2)9-13)8-11-5-4-6-11/h11,13H,2-9H2,1H3. The average Bonchev–Trinajstić information content (AvgIpc) is 2.08. The van der Waals surface area contributed by atoms with Crippen molar-refractivity contribution in [2.45, 2.75) is 26.2 Å². The summed E-state index contributed by atoms with van der Waals surface area (Å²) >= 11 is 4.23. The van der Waals surface area contributed by atoms with E-state index in [1.807, 2.05) is 0 Å². The number of hydrogen-bond acceptors (Lipinski definition) is 2. The van der Waals surface area contributed by atoms with Gasteiger partial charge in [0.25, 0.3) is 0 Å². The highest BCUT2D eigenvalue weighted by Crippen LogP contribution is 2.27. The number of rotatable bonds is 6. The monoisotopic (exact) mass is 199 g/mol. The molecule has 0 heterocycles. The quantitative estimate of drug-likeness (QED) is 0.508. The lowest BCUT2D eigenvalue weighted by Crippen LogP contribution is -2.33. The summed E-state index contributed by atoms with van der Waals surface area (Å²) in [5.41, 5.74) is 1.24. The summed E-state index contributed by atoms with van der Waals surface area (Å²) in [5.74, 6) is 1.79. The van der Waals surface area contributed by atoms with Crippen LogP contribution >= 0.6 is 12.6 Å². The molecule has 1 aliphatic rings. The fourth-order valence-electron chi connectivity index (χ4n) is 1.71. The maximum Gasteiger partial charge on any atom is 0.0198 e. The third-order valence-corrected chi connectivity index (χ3v) is 3.31. The molecule has 76 valence electrons. The lowest BCUT2D eigenvalue weighted by Gasteiger charge is -2.32. The molecule has 1 nitrogen and oxygen atoms in total. The van der Waals surface area contributed by atoms with Crippen LogP contribution in [0.3, 0.4) is 0 Å². The topological polar surface area (TPSA) is 3.24 Å². The van der Waals surface area contributed by atoms with Gasteiger partial charge in [0, 0.05) is 18.8 Å². The first kappa shape index (κ1) is 11.1. The summed E-state index contributed by atoms with van der Waals surface area (Å²) in [5, 5.41) is 0. The van der Waals surface area contributed by atoms with Gasteiger partial charge in [-0.3, -0.25) is 4.90 Å². The highest BCUT2D eigenvalue weighted by atomic mass is 32.1. The molecule has 0 amide bonds. The number of hydrogen-bond donors (Lipinski definition) is 1. The van der Waals surface area contributed by atoms with Crippen LogP contribution in [0.1, 0.15) is 26.2 Å². The van der Waals surface area contributed by atoms with Crippen molar-refractivity contribution in [1.29, 1.82) is 0 Å². The van der Waals surface area contributed by atoms with Gasteiger partial charge in [0.15, 0.2) is 0 Å². The Kier molecular flexibility index (Phi) is 4.89. The van der Waals surface area contributed by atoms with Gasteiger partial charge in [-0.1, -0.05) is 25.5 Å². The van der Waals surface area contributed by atoms with Gasteiger partial charge in [-0.15, -0.1) is 0 Å². The Balaban J connectivity index is 2.20. The largest absolute Gasteiger partial charge is 0.299 e. The molecule has 1 aliphatic carbocycles. The van der Waals surface area contributed by atoms with Crippen LogP contribution in [-0.2, 0) is 0 Å². The molecule has 13 heavy (non-hydrogen) atoms. The Labute approximate surface area is 87.6 Å². The second-order valence-corrected chi connectivity index (χ2v) is 4.35. The predicted molar refractivity (Wildman–Crippen MR) is 62.4 cm³/mol. The van der Waals surface area contributed by atoms with Gasteiger partial charge in [0.1, 0.15) is 0 Å². The molecule has 1 fully saturated rings. The van der Waals surface area contributed by atoms with Crippen molar-refractivity contribution in [2.75, 3.05) is 25.4 Å². The summed E-state index contributed by atoms with van der Waals surface area (Å²) in [6, 6.07) is 0. The van der Waals surface area contributed by atoms with Crippen LogP contribution in [-0.4, -0.2) is 30.3 Å². The van der Waals surface area contributed by atoms with Crippen LogP contribution in [0.25, 0.3) is 0 Å². The zero-order valence-corrected chi connectivity index (χ0v) is 9.52. The maximum atomic E-state index is 4.23. The van der Waals surface area contributed by atoms with E-state index < -0.39 is 0 Å². The molecular weight excluding hydrogens is 178 g/mol. The molecule has 1 rings (SSSR count). The molecule has 0 N–H and O–H groups in total. The Bertz CT molecular complexity index is 163. The molecule has 0 radical (unpaired) electrons. The zero-order chi connectivity index (χ0) is 9.68. The molecule has 2 heteroatoms. The van der Waals surface area contributed by atoms with E-state index in [-0.39, 0.29) is 0 Å². The Morgan fingerprint density at radius 3 is 2.62 bits per heavy atom.